The molecule has 1 amide bonds. The fourth-order valence-corrected chi connectivity index (χ4v) is 2.14. The van der Waals surface area contributed by atoms with E-state index in [0.717, 1.165) is 5.06 Å². The molecule has 0 aromatic carbocycles. The van der Waals surface area contributed by atoms with Crippen molar-refractivity contribution in [3.8, 4) is 0 Å². The molecule has 0 saturated heterocycles. The summed E-state index contributed by atoms with van der Waals surface area (Å²) < 4.78 is 0. The van der Waals surface area contributed by atoms with E-state index in [-0.39, 0.29) is 6.42 Å². The van der Waals surface area contributed by atoms with E-state index in [1.807, 2.05) is 0 Å². The van der Waals surface area contributed by atoms with Crippen LogP contribution < -0.4 is 0 Å². The normalized spacial score (nSPS) is 28.8. The van der Waals surface area contributed by atoms with Gasteiger partial charge in [0.25, 0.3) is 0 Å². The van der Waals surface area contributed by atoms with Crippen LogP contribution in [0.3, 0.4) is 0 Å². The minimum Gasteiger partial charge on any atom is -0.481 e. The van der Waals surface area contributed by atoms with Crippen molar-refractivity contribution in [3.63, 3.8) is 0 Å². The molecule has 0 aromatic heterocycles. The van der Waals surface area contributed by atoms with Crippen molar-refractivity contribution >= 4 is 12.4 Å². The third-order valence-corrected chi connectivity index (χ3v) is 2.94. The van der Waals surface area contributed by atoms with Crippen LogP contribution in [-0.2, 0) is 14.4 Å². The molecule has 0 aromatic rings. The van der Waals surface area contributed by atoms with Crippen molar-refractivity contribution in [1.29, 1.82) is 0 Å². The van der Waals surface area contributed by atoms with Gasteiger partial charge in [-0.05, 0) is 40.0 Å². The molecular formula is C12H21NO5. The number of rotatable bonds is 4. The van der Waals surface area contributed by atoms with Crippen LogP contribution in [0.5, 0.6) is 0 Å². The molecule has 0 heterocycles. The highest BCUT2D eigenvalue weighted by molar-refractivity contribution is 5.70. The van der Waals surface area contributed by atoms with E-state index < -0.39 is 29.6 Å². The Morgan fingerprint density at radius 1 is 1.39 bits per heavy atom. The van der Waals surface area contributed by atoms with Crippen molar-refractivity contribution in [2.45, 2.75) is 57.8 Å². The lowest BCUT2D eigenvalue weighted by atomic mass is 9.84. The van der Waals surface area contributed by atoms with Gasteiger partial charge in [-0.15, -0.1) is 0 Å². The highest BCUT2D eigenvalue weighted by atomic mass is 16.7. The van der Waals surface area contributed by atoms with Gasteiger partial charge < -0.3 is 10.2 Å². The molecule has 18 heavy (non-hydrogen) atoms. The lowest BCUT2D eigenvalue weighted by molar-refractivity contribution is -0.248. The number of hydroxylamine groups is 2. The standard InChI is InChI=1S/C12H21NO5/c1-12(2,3)18-13(7-14)9-5-4-8(11(16)17)6-10(9)15/h7-10,15H,4-6H2,1-3H3,(H,16,17)/t8-,9+,10+/m1/s1. The smallest absolute Gasteiger partial charge is 0.306 e. The molecule has 0 unspecified atom stereocenters. The summed E-state index contributed by atoms with van der Waals surface area (Å²) in [5.41, 5.74) is -0.537. The third kappa shape index (κ3) is 3.96. The first-order valence-electron chi connectivity index (χ1n) is 6.08. The maximum atomic E-state index is 11.0. The Morgan fingerprint density at radius 3 is 2.39 bits per heavy atom. The van der Waals surface area contributed by atoms with Gasteiger partial charge in [-0.3, -0.25) is 14.4 Å². The summed E-state index contributed by atoms with van der Waals surface area (Å²) in [5.74, 6) is -1.44. The van der Waals surface area contributed by atoms with E-state index in [0.29, 0.717) is 19.3 Å². The molecule has 0 radical (unpaired) electrons. The second-order valence-electron chi connectivity index (χ2n) is 5.65. The maximum absolute atomic E-state index is 11.0. The molecule has 0 spiro atoms. The Labute approximate surface area is 106 Å². The lowest BCUT2D eigenvalue weighted by Crippen LogP contribution is -2.49. The Bertz CT molecular complexity index is 312. The number of hydrogen-bond donors (Lipinski definition) is 2. The molecule has 0 aliphatic heterocycles. The number of carboxylic acids is 1. The van der Waals surface area contributed by atoms with Crippen LogP contribution in [0.2, 0.25) is 0 Å². The molecule has 1 aliphatic rings. The average Bonchev–Trinajstić information content (AvgIpc) is 2.24. The van der Waals surface area contributed by atoms with Gasteiger partial charge in [0.1, 0.15) is 0 Å². The Morgan fingerprint density at radius 2 is 2.00 bits per heavy atom. The highest BCUT2D eigenvalue weighted by Crippen LogP contribution is 2.29. The molecule has 1 aliphatic carbocycles. The lowest BCUT2D eigenvalue weighted by Gasteiger charge is -2.39. The van der Waals surface area contributed by atoms with Crippen LogP contribution in [-0.4, -0.2) is 45.4 Å². The van der Waals surface area contributed by atoms with Crippen molar-refractivity contribution in [1.82, 2.24) is 5.06 Å². The average molecular weight is 259 g/mol. The zero-order valence-corrected chi connectivity index (χ0v) is 11.0. The minimum atomic E-state index is -0.901. The number of carbonyl (C=O) groups excluding carboxylic acids is 1. The molecule has 6 nitrogen and oxygen atoms in total. The largest absolute Gasteiger partial charge is 0.481 e. The van der Waals surface area contributed by atoms with Gasteiger partial charge in [-0.2, -0.15) is 0 Å². The second kappa shape index (κ2) is 5.67. The van der Waals surface area contributed by atoms with Crippen molar-refractivity contribution in [3.05, 3.63) is 0 Å². The second-order valence-corrected chi connectivity index (χ2v) is 5.65. The van der Waals surface area contributed by atoms with E-state index >= 15 is 0 Å². The van der Waals surface area contributed by atoms with E-state index in [9.17, 15) is 14.7 Å². The van der Waals surface area contributed by atoms with Crippen molar-refractivity contribution in [2.24, 2.45) is 5.92 Å². The Balaban J connectivity index is 2.66. The number of aliphatic hydroxyl groups excluding tert-OH is 1. The van der Waals surface area contributed by atoms with Crippen LogP contribution in [0.25, 0.3) is 0 Å². The Hall–Kier alpha value is -1.14. The van der Waals surface area contributed by atoms with Crippen LogP contribution >= 0.6 is 0 Å². The van der Waals surface area contributed by atoms with E-state index in [1.165, 1.54) is 0 Å². The molecular weight excluding hydrogens is 238 g/mol. The number of carboxylic acid groups (broad SMARTS) is 1. The molecule has 1 saturated carbocycles. The van der Waals surface area contributed by atoms with Crippen LogP contribution in [0.1, 0.15) is 40.0 Å². The van der Waals surface area contributed by atoms with Gasteiger partial charge in [0.15, 0.2) is 0 Å². The molecule has 3 atom stereocenters. The number of amides is 1. The topological polar surface area (TPSA) is 87.1 Å². The summed E-state index contributed by atoms with van der Waals surface area (Å²) in [6, 6.07) is -0.475. The van der Waals surface area contributed by atoms with Crippen LogP contribution in [0.4, 0.5) is 0 Å². The predicted molar refractivity (Wildman–Crippen MR) is 63.5 cm³/mol. The van der Waals surface area contributed by atoms with Gasteiger partial charge in [-0.1, -0.05) is 0 Å². The molecule has 1 rings (SSSR count). The fourth-order valence-electron chi connectivity index (χ4n) is 2.14. The zero-order chi connectivity index (χ0) is 13.9. The first-order chi connectivity index (χ1) is 8.24. The number of aliphatic hydroxyl groups is 1. The highest BCUT2D eigenvalue weighted by Gasteiger charge is 2.37. The quantitative estimate of drug-likeness (QED) is 0.575. The van der Waals surface area contributed by atoms with Gasteiger partial charge in [0.05, 0.1) is 23.7 Å². The van der Waals surface area contributed by atoms with Gasteiger partial charge >= 0.3 is 5.97 Å². The van der Waals surface area contributed by atoms with Gasteiger partial charge in [0.2, 0.25) is 6.41 Å². The molecule has 6 heteroatoms. The number of hydrogen-bond acceptors (Lipinski definition) is 4. The molecule has 104 valence electrons. The van der Waals surface area contributed by atoms with E-state index in [4.69, 9.17) is 9.94 Å². The first kappa shape index (κ1) is 14.9. The summed E-state index contributed by atoms with van der Waals surface area (Å²) in [4.78, 5) is 27.3. The SMILES string of the molecule is CC(C)(C)ON(C=O)[C@H]1CC[C@@H](C(=O)O)C[C@@H]1O. The number of carbonyl (C=O) groups is 2. The summed E-state index contributed by atoms with van der Waals surface area (Å²) >= 11 is 0. The number of aliphatic carboxylic acids is 1. The van der Waals surface area contributed by atoms with Gasteiger partial charge in [-0.25, -0.2) is 5.06 Å². The zero-order valence-electron chi connectivity index (χ0n) is 11.0. The van der Waals surface area contributed by atoms with Crippen molar-refractivity contribution in [2.75, 3.05) is 0 Å². The first-order valence-corrected chi connectivity index (χ1v) is 6.08. The fraction of sp³-hybridized carbons (Fsp3) is 0.833. The minimum absolute atomic E-state index is 0.151. The Kier molecular flexibility index (Phi) is 4.70. The van der Waals surface area contributed by atoms with Crippen LogP contribution in [0.15, 0.2) is 0 Å². The van der Waals surface area contributed by atoms with E-state index in [1.54, 1.807) is 20.8 Å². The predicted octanol–water partition coefficient (Wildman–Crippen LogP) is 0.789. The van der Waals surface area contributed by atoms with Crippen molar-refractivity contribution < 1.29 is 24.6 Å². The van der Waals surface area contributed by atoms with Gasteiger partial charge in [0, 0.05) is 0 Å². The third-order valence-electron chi connectivity index (χ3n) is 2.94. The number of nitrogens with zero attached hydrogens (tertiary/aromatic N) is 1. The molecule has 2 N–H and O–H groups in total. The summed E-state index contributed by atoms with van der Waals surface area (Å²) in [5, 5.41) is 20.0. The monoisotopic (exact) mass is 259 g/mol. The summed E-state index contributed by atoms with van der Waals surface area (Å²) in [6.45, 7) is 5.41. The summed E-state index contributed by atoms with van der Waals surface area (Å²) in [6.07, 6.45) is 0.687. The maximum Gasteiger partial charge on any atom is 0.306 e. The van der Waals surface area contributed by atoms with E-state index in [2.05, 4.69) is 0 Å². The van der Waals surface area contributed by atoms with Crippen LogP contribution in [0, 0.1) is 5.92 Å². The molecule has 0 bridgehead atoms. The molecule has 1 fully saturated rings. The summed E-state index contributed by atoms with van der Waals surface area (Å²) in [7, 11) is 0.